The molecule has 6 nitrogen and oxygen atoms in total. The van der Waals surface area contributed by atoms with Crippen molar-refractivity contribution in [2.24, 2.45) is 10.7 Å². The minimum Gasteiger partial charge on any atom is -0.494 e. The number of fused-ring (bicyclic) bond motifs is 1. The fraction of sp³-hybridized carbons (Fsp3) is 0.120. The second-order valence-electron chi connectivity index (χ2n) is 7.03. The molecule has 0 amide bonds. The Morgan fingerprint density at radius 1 is 1.03 bits per heavy atom. The zero-order chi connectivity index (χ0) is 21.8. The molecule has 0 saturated carbocycles. The fourth-order valence-electron chi connectivity index (χ4n) is 3.46. The summed E-state index contributed by atoms with van der Waals surface area (Å²) in [6, 6.07) is 22.5. The van der Waals surface area contributed by atoms with Crippen molar-refractivity contribution in [1.29, 1.82) is 0 Å². The summed E-state index contributed by atoms with van der Waals surface area (Å²) in [7, 11) is 0. The van der Waals surface area contributed by atoms with Gasteiger partial charge in [-0.05, 0) is 36.8 Å². The van der Waals surface area contributed by atoms with Crippen molar-refractivity contribution in [1.82, 2.24) is 4.98 Å². The van der Waals surface area contributed by atoms with E-state index in [0.29, 0.717) is 35.5 Å². The molecule has 1 heterocycles. The number of ether oxygens (including phenoxy) is 1. The van der Waals surface area contributed by atoms with Gasteiger partial charge in [0.2, 0.25) is 0 Å². The van der Waals surface area contributed by atoms with Crippen LogP contribution in [0.3, 0.4) is 0 Å². The van der Waals surface area contributed by atoms with Crippen LogP contribution < -0.4 is 5.73 Å². The van der Waals surface area contributed by atoms with E-state index in [4.69, 9.17) is 15.5 Å². The summed E-state index contributed by atoms with van der Waals surface area (Å²) in [6.07, 6.45) is 0. The van der Waals surface area contributed by atoms with Crippen molar-refractivity contribution < 1.29 is 14.6 Å². The van der Waals surface area contributed by atoms with Crippen LogP contribution in [0.5, 0.6) is 5.88 Å². The van der Waals surface area contributed by atoms with Crippen molar-refractivity contribution in [3.05, 3.63) is 95.1 Å². The lowest BCUT2D eigenvalue weighted by atomic mass is 10.00. The Bertz CT molecular complexity index is 1240. The molecule has 3 aromatic carbocycles. The lowest BCUT2D eigenvalue weighted by Crippen LogP contribution is -2.05. The third kappa shape index (κ3) is 4.20. The molecular weight excluding hydrogens is 390 g/mol. The number of benzene rings is 3. The summed E-state index contributed by atoms with van der Waals surface area (Å²) in [5.74, 6) is -0.422. The number of carbonyl (C=O) groups excluding carboxylic acids is 1. The molecule has 4 N–H and O–H groups in total. The molecule has 0 aliphatic rings. The Kier molecular flexibility index (Phi) is 5.82. The van der Waals surface area contributed by atoms with Crippen molar-refractivity contribution in [3.63, 3.8) is 0 Å². The van der Waals surface area contributed by atoms with Crippen molar-refractivity contribution >= 4 is 28.3 Å². The predicted octanol–water partition coefficient (Wildman–Crippen LogP) is 4.68. The van der Waals surface area contributed by atoms with Crippen molar-refractivity contribution in [2.45, 2.75) is 13.5 Å². The van der Waals surface area contributed by atoms with E-state index < -0.39 is 5.97 Å². The third-order valence-corrected chi connectivity index (χ3v) is 4.99. The molecule has 0 aliphatic heterocycles. The highest BCUT2D eigenvalue weighted by Crippen LogP contribution is 2.32. The van der Waals surface area contributed by atoms with Gasteiger partial charge in [-0.3, -0.25) is 0 Å². The number of esters is 1. The molecule has 4 aromatic rings. The Balaban J connectivity index is 1.87. The highest BCUT2D eigenvalue weighted by molar-refractivity contribution is 6.22. The van der Waals surface area contributed by atoms with Gasteiger partial charge in [-0.25, -0.2) is 9.79 Å². The largest absolute Gasteiger partial charge is 0.494 e. The van der Waals surface area contributed by atoms with Crippen molar-refractivity contribution in [2.75, 3.05) is 6.61 Å². The number of hydrogen-bond acceptors (Lipinski definition) is 5. The standard InChI is InChI=1S/C25H23N3O3/c1-2-31-25(30)18-10-13-20-21(14-18)28-24(29)22(20)23(17-6-4-3-5-7-17)27-19-11-8-16(15-26)9-12-19/h3-14,28-29H,2,15,26H2,1H3. The lowest BCUT2D eigenvalue weighted by molar-refractivity contribution is 0.0526. The van der Waals surface area contributed by atoms with Crippen LogP contribution in [-0.2, 0) is 11.3 Å². The van der Waals surface area contributed by atoms with Gasteiger partial charge in [0.15, 0.2) is 5.88 Å². The first-order chi connectivity index (χ1) is 15.1. The molecule has 0 radical (unpaired) electrons. The summed E-state index contributed by atoms with van der Waals surface area (Å²) >= 11 is 0. The van der Waals surface area contributed by atoms with Crippen LogP contribution in [0.25, 0.3) is 10.9 Å². The average Bonchev–Trinajstić information content (AvgIpc) is 3.13. The molecule has 156 valence electrons. The van der Waals surface area contributed by atoms with E-state index in [1.165, 1.54) is 0 Å². The van der Waals surface area contributed by atoms with E-state index in [1.54, 1.807) is 25.1 Å². The lowest BCUT2D eigenvalue weighted by Gasteiger charge is -2.08. The highest BCUT2D eigenvalue weighted by atomic mass is 16.5. The van der Waals surface area contributed by atoms with Gasteiger partial charge >= 0.3 is 5.97 Å². The van der Waals surface area contributed by atoms with Gasteiger partial charge in [0.25, 0.3) is 0 Å². The molecule has 0 aliphatic carbocycles. The monoisotopic (exact) mass is 413 g/mol. The predicted molar refractivity (Wildman–Crippen MR) is 122 cm³/mol. The number of hydrogen-bond donors (Lipinski definition) is 3. The van der Waals surface area contributed by atoms with Crippen LogP contribution in [0, 0.1) is 0 Å². The summed E-state index contributed by atoms with van der Waals surface area (Å²) < 4.78 is 5.08. The van der Waals surface area contributed by atoms with Crippen LogP contribution in [0.2, 0.25) is 0 Å². The maximum Gasteiger partial charge on any atom is 0.338 e. The van der Waals surface area contributed by atoms with E-state index in [9.17, 15) is 9.90 Å². The topological polar surface area (TPSA) is 101 Å². The van der Waals surface area contributed by atoms with Crippen LogP contribution in [0.1, 0.15) is 34.0 Å². The quantitative estimate of drug-likeness (QED) is 0.316. The van der Waals surface area contributed by atoms with Gasteiger partial charge in [-0.1, -0.05) is 48.5 Å². The summed E-state index contributed by atoms with van der Waals surface area (Å²) in [6.45, 7) is 2.52. The van der Waals surface area contributed by atoms with Gasteiger partial charge in [-0.15, -0.1) is 0 Å². The van der Waals surface area contributed by atoms with Crippen LogP contribution in [0.4, 0.5) is 5.69 Å². The van der Waals surface area contributed by atoms with E-state index in [-0.39, 0.29) is 5.88 Å². The highest BCUT2D eigenvalue weighted by Gasteiger charge is 2.20. The minimum absolute atomic E-state index is 0.0165. The average molecular weight is 413 g/mol. The van der Waals surface area contributed by atoms with Crippen molar-refractivity contribution in [3.8, 4) is 5.88 Å². The summed E-state index contributed by atoms with van der Waals surface area (Å²) in [4.78, 5) is 19.9. The summed E-state index contributed by atoms with van der Waals surface area (Å²) in [5, 5.41) is 11.5. The molecule has 0 unspecified atom stereocenters. The number of aromatic hydroxyl groups is 1. The molecule has 0 bridgehead atoms. The maximum absolute atomic E-state index is 12.1. The minimum atomic E-state index is -0.406. The van der Waals surface area contributed by atoms with Gasteiger partial charge in [0.05, 0.1) is 29.1 Å². The van der Waals surface area contributed by atoms with E-state index in [1.807, 2.05) is 54.6 Å². The third-order valence-electron chi connectivity index (χ3n) is 4.99. The Labute approximate surface area is 180 Å². The Morgan fingerprint density at radius 2 is 1.77 bits per heavy atom. The Hall–Kier alpha value is -3.90. The first kappa shape index (κ1) is 20.4. The maximum atomic E-state index is 12.1. The number of H-pyrrole nitrogens is 1. The molecule has 1 aromatic heterocycles. The van der Waals surface area contributed by atoms with E-state index in [0.717, 1.165) is 22.2 Å². The SMILES string of the molecule is CCOC(=O)c1ccc2c(C(=Nc3ccc(CN)cc3)c3ccccc3)c(O)[nH]c2c1. The normalized spacial score (nSPS) is 11.6. The number of carbonyl (C=O) groups is 1. The second-order valence-corrected chi connectivity index (χ2v) is 7.03. The smallest absolute Gasteiger partial charge is 0.338 e. The van der Waals surface area contributed by atoms with Gasteiger partial charge in [0, 0.05) is 23.0 Å². The number of nitrogens with one attached hydrogen (secondary N) is 1. The second kappa shape index (κ2) is 8.85. The molecule has 0 atom stereocenters. The van der Waals surface area contributed by atoms with E-state index >= 15 is 0 Å². The zero-order valence-electron chi connectivity index (χ0n) is 17.1. The number of rotatable bonds is 6. The fourth-order valence-corrected chi connectivity index (χ4v) is 3.46. The van der Waals surface area contributed by atoms with Gasteiger partial charge in [-0.2, -0.15) is 0 Å². The van der Waals surface area contributed by atoms with Gasteiger partial charge in [0.1, 0.15) is 0 Å². The molecule has 4 rings (SSSR count). The number of nitrogens with two attached hydrogens (primary N) is 1. The van der Waals surface area contributed by atoms with Gasteiger partial charge < -0.3 is 20.6 Å². The molecule has 0 spiro atoms. The number of aromatic nitrogens is 1. The molecular formula is C25H23N3O3. The van der Waals surface area contributed by atoms with Crippen LogP contribution in [-0.4, -0.2) is 28.4 Å². The van der Waals surface area contributed by atoms with E-state index in [2.05, 4.69) is 4.98 Å². The first-order valence-electron chi connectivity index (χ1n) is 10.1. The zero-order valence-corrected chi connectivity index (χ0v) is 17.1. The molecule has 6 heteroatoms. The Morgan fingerprint density at radius 3 is 2.45 bits per heavy atom. The first-order valence-corrected chi connectivity index (χ1v) is 10.1. The summed E-state index contributed by atoms with van der Waals surface area (Å²) in [5.41, 5.74) is 10.5. The van der Waals surface area contributed by atoms with Crippen LogP contribution in [0.15, 0.2) is 77.8 Å². The molecule has 0 saturated heterocycles. The van der Waals surface area contributed by atoms with Crippen LogP contribution >= 0.6 is 0 Å². The number of aliphatic imine (C=N–C) groups is 1. The molecule has 31 heavy (non-hydrogen) atoms. The number of aromatic amines is 1. The number of nitrogens with zero attached hydrogens (tertiary/aromatic N) is 1. The molecule has 0 fully saturated rings.